The van der Waals surface area contributed by atoms with E-state index in [1.165, 1.54) is 6.07 Å². The highest BCUT2D eigenvalue weighted by molar-refractivity contribution is 7.80. The molecule has 5 heteroatoms. The van der Waals surface area contributed by atoms with Crippen LogP contribution in [0, 0.1) is 12.8 Å². The molecule has 92 valence electrons. The molecule has 0 aliphatic rings. The van der Waals surface area contributed by atoms with E-state index in [-0.39, 0.29) is 17.6 Å². The van der Waals surface area contributed by atoms with Crippen molar-refractivity contribution in [2.45, 2.75) is 13.8 Å². The van der Waals surface area contributed by atoms with Crippen molar-refractivity contribution in [3.63, 3.8) is 0 Å². The van der Waals surface area contributed by atoms with Crippen LogP contribution >= 0.6 is 12.2 Å². The molecule has 0 spiro atoms. The fraction of sp³-hybridized carbons (Fsp3) is 0.333. The van der Waals surface area contributed by atoms with Crippen LogP contribution < -0.4 is 11.1 Å². The maximum atomic E-state index is 11.8. The summed E-state index contributed by atoms with van der Waals surface area (Å²) < 4.78 is 0. The average molecular weight is 252 g/mol. The zero-order valence-electron chi connectivity index (χ0n) is 9.86. The summed E-state index contributed by atoms with van der Waals surface area (Å²) >= 11 is 4.82. The second kappa shape index (κ2) is 5.63. The van der Waals surface area contributed by atoms with Gasteiger partial charge in [-0.1, -0.05) is 19.1 Å². The molecule has 0 aliphatic carbocycles. The number of phenols is 1. The SMILES string of the molecule is Cc1cc(O)ccc1C(=O)NCC(C)C(N)=S. The molecule has 1 rings (SSSR count). The number of phenolic OH excluding ortho intramolecular Hbond substituents is 1. The van der Waals surface area contributed by atoms with Gasteiger partial charge in [-0.3, -0.25) is 4.79 Å². The predicted molar refractivity (Wildman–Crippen MR) is 71.1 cm³/mol. The Bertz CT molecular complexity index is 446. The first-order valence-electron chi connectivity index (χ1n) is 5.29. The van der Waals surface area contributed by atoms with Crippen molar-refractivity contribution in [3.05, 3.63) is 29.3 Å². The number of benzene rings is 1. The number of thiocarbonyl (C=S) groups is 1. The lowest BCUT2D eigenvalue weighted by Gasteiger charge is -2.12. The van der Waals surface area contributed by atoms with Crippen molar-refractivity contribution in [3.8, 4) is 5.75 Å². The van der Waals surface area contributed by atoms with Crippen molar-refractivity contribution in [2.24, 2.45) is 11.7 Å². The van der Waals surface area contributed by atoms with E-state index in [2.05, 4.69) is 5.32 Å². The van der Waals surface area contributed by atoms with Crippen LogP contribution in [0.3, 0.4) is 0 Å². The summed E-state index contributed by atoms with van der Waals surface area (Å²) in [5, 5.41) is 12.0. The van der Waals surface area contributed by atoms with Gasteiger partial charge in [0.2, 0.25) is 0 Å². The molecule has 0 bridgehead atoms. The van der Waals surface area contributed by atoms with Gasteiger partial charge in [0, 0.05) is 18.0 Å². The molecule has 0 heterocycles. The average Bonchev–Trinajstić information content (AvgIpc) is 2.25. The molecule has 0 saturated heterocycles. The number of nitrogens with two attached hydrogens (primary N) is 1. The molecule has 0 aromatic heterocycles. The molecule has 4 nitrogen and oxygen atoms in total. The van der Waals surface area contributed by atoms with Crippen molar-refractivity contribution in [1.82, 2.24) is 5.32 Å². The smallest absolute Gasteiger partial charge is 0.251 e. The van der Waals surface area contributed by atoms with E-state index < -0.39 is 0 Å². The van der Waals surface area contributed by atoms with E-state index >= 15 is 0 Å². The molecular weight excluding hydrogens is 236 g/mol. The topological polar surface area (TPSA) is 75.3 Å². The summed E-state index contributed by atoms with van der Waals surface area (Å²) in [7, 11) is 0. The Morgan fingerprint density at radius 3 is 2.76 bits per heavy atom. The van der Waals surface area contributed by atoms with Crippen LogP contribution in [0.1, 0.15) is 22.8 Å². The summed E-state index contributed by atoms with van der Waals surface area (Å²) in [5.41, 5.74) is 6.72. The summed E-state index contributed by atoms with van der Waals surface area (Å²) in [5.74, 6) is -0.0764. The minimum absolute atomic E-state index is 0.0358. The van der Waals surface area contributed by atoms with Gasteiger partial charge in [-0.25, -0.2) is 0 Å². The van der Waals surface area contributed by atoms with Gasteiger partial charge in [-0.15, -0.1) is 0 Å². The van der Waals surface area contributed by atoms with Crippen molar-refractivity contribution >= 4 is 23.1 Å². The number of nitrogens with one attached hydrogen (secondary N) is 1. The number of carbonyl (C=O) groups excluding carboxylic acids is 1. The zero-order chi connectivity index (χ0) is 13.0. The van der Waals surface area contributed by atoms with Crippen LogP contribution in [-0.4, -0.2) is 22.5 Å². The van der Waals surface area contributed by atoms with Crippen LogP contribution in [0.15, 0.2) is 18.2 Å². The Morgan fingerprint density at radius 2 is 2.24 bits per heavy atom. The van der Waals surface area contributed by atoms with E-state index in [0.717, 1.165) is 5.56 Å². The van der Waals surface area contributed by atoms with Crippen LogP contribution in [0.5, 0.6) is 5.75 Å². The van der Waals surface area contributed by atoms with Crippen LogP contribution in [0.2, 0.25) is 0 Å². The van der Waals surface area contributed by atoms with E-state index in [4.69, 9.17) is 18.0 Å². The normalized spacial score (nSPS) is 11.9. The Balaban J connectivity index is 2.67. The number of aromatic hydroxyl groups is 1. The maximum absolute atomic E-state index is 11.8. The van der Waals surface area contributed by atoms with Gasteiger partial charge in [0.15, 0.2) is 0 Å². The molecule has 4 N–H and O–H groups in total. The van der Waals surface area contributed by atoms with Crippen LogP contribution in [-0.2, 0) is 0 Å². The highest BCUT2D eigenvalue weighted by atomic mass is 32.1. The number of carbonyl (C=O) groups is 1. The van der Waals surface area contributed by atoms with Crippen LogP contribution in [0.4, 0.5) is 0 Å². The third-order valence-corrected chi connectivity index (χ3v) is 2.91. The fourth-order valence-electron chi connectivity index (χ4n) is 1.34. The molecule has 1 aromatic carbocycles. The van der Waals surface area contributed by atoms with Gasteiger partial charge in [-0.2, -0.15) is 0 Å². The van der Waals surface area contributed by atoms with Gasteiger partial charge >= 0.3 is 0 Å². The largest absolute Gasteiger partial charge is 0.508 e. The maximum Gasteiger partial charge on any atom is 0.251 e. The molecule has 0 fully saturated rings. The zero-order valence-corrected chi connectivity index (χ0v) is 10.7. The van der Waals surface area contributed by atoms with Crippen molar-refractivity contribution in [2.75, 3.05) is 6.54 Å². The molecule has 0 saturated carbocycles. The number of amides is 1. The van der Waals surface area contributed by atoms with Gasteiger partial charge < -0.3 is 16.2 Å². The molecule has 0 radical (unpaired) electrons. The molecule has 17 heavy (non-hydrogen) atoms. The molecule has 1 atom stereocenters. The molecule has 0 aliphatic heterocycles. The molecular formula is C12H16N2O2S. The van der Waals surface area contributed by atoms with E-state index in [9.17, 15) is 9.90 Å². The van der Waals surface area contributed by atoms with E-state index in [1.54, 1.807) is 19.1 Å². The van der Waals surface area contributed by atoms with Gasteiger partial charge in [-0.05, 0) is 30.7 Å². The van der Waals surface area contributed by atoms with Crippen molar-refractivity contribution < 1.29 is 9.90 Å². The monoisotopic (exact) mass is 252 g/mol. The third kappa shape index (κ3) is 3.71. The lowest BCUT2D eigenvalue weighted by Crippen LogP contribution is -2.33. The standard InChI is InChI=1S/C12H16N2O2S/c1-7-5-9(15)3-4-10(7)12(16)14-6-8(2)11(13)17/h3-5,8,15H,6H2,1-2H3,(H2,13,17)(H,14,16). The molecule has 1 unspecified atom stereocenters. The number of hydrogen-bond acceptors (Lipinski definition) is 3. The minimum Gasteiger partial charge on any atom is -0.508 e. The molecule has 1 aromatic rings. The summed E-state index contributed by atoms with van der Waals surface area (Å²) in [6.45, 7) is 4.03. The Kier molecular flexibility index (Phi) is 4.45. The number of aryl methyl sites for hydroxylation is 1. The van der Waals surface area contributed by atoms with E-state index in [1.807, 2.05) is 6.92 Å². The first-order valence-corrected chi connectivity index (χ1v) is 5.69. The Hall–Kier alpha value is -1.62. The number of hydrogen-bond donors (Lipinski definition) is 3. The molecule has 1 amide bonds. The third-order valence-electron chi connectivity index (χ3n) is 2.51. The second-order valence-electron chi connectivity index (χ2n) is 4.01. The van der Waals surface area contributed by atoms with Gasteiger partial charge in [0.1, 0.15) is 5.75 Å². The summed E-state index contributed by atoms with van der Waals surface area (Å²) in [4.78, 5) is 12.2. The second-order valence-corrected chi connectivity index (χ2v) is 4.48. The van der Waals surface area contributed by atoms with Gasteiger partial charge in [0.05, 0.1) is 4.99 Å². The van der Waals surface area contributed by atoms with E-state index in [0.29, 0.717) is 17.1 Å². The Morgan fingerprint density at radius 1 is 1.59 bits per heavy atom. The number of rotatable bonds is 4. The lowest BCUT2D eigenvalue weighted by atomic mass is 10.1. The van der Waals surface area contributed by atoms with Gasteiger partial charge in [0.25, 0.3) is 5.91 Å². The van der Waals surface area contributed by atoms with Crippen LogP contribution in [0.25, 0.3) is 0 Å². The minimum atomic E-state index is -0.189. The fourth-order valence-corrected chi connectivity index (χ4v) is 1.43. The quantitative estimate of drug-likeness (QED) is 0.707. The highest BCUT2D eigenvalue weighted by Crippen LogP contribution is 2.15. The summed E-state index contributed by atoms with van der Waals surface area (Å²) in [6.07, 6.45) is 0. The first kappa shape index (κ1) is 13.4. The lowest BCUT2D eigenvalue weighted by molar-refractivity contribution is 0.0950. The van der Waals surface area contributed by atoms with Crippen molar-refractivity contribution in [1.29, 1.82) is 0 Å². The Labute approximate surface area is 106 Å². The predicted octanol–water partition coefficient (Wildman–Crippen LogP) is 1.35. The highest BCUT2D eigenvalue weighted by Gasteiger charge is 2.11. The summed E-state index contributed by atoms with van der Waals surface area (Å²) in [6, 6.07) is 4.62. The first-order chi connectivity index (χ1) is 7.91.